The number of halogens is 6. The van der Waals surface area contributed by atoms with Crippen LogP contribution in [0.4, 0.5) is 17.6 Å². The SMILES string of the molecule is N[C@H](CCC(F)(F)F)c1c(Cl)ccc(Cl)c1F. The monoisotopic (exact) mass is 289 g/mol. The van der Waals surface area contributed by atoms with Crippen LogP contribution in [0, 0.1) is 5.82 Å². The summed E-state index contributed by atoms with van der Waals surface area (Å²) < 4.78 is 49.6. The molecule has 0 spiro atoms. The Morgan fingerprint density at radius 2 is 1.71 bits per heavy atom. The molecule has 0 unspecified atom stereocenters. The zero-order valence-corrected chi connectivity index (χ0v) is 10.0. The first-order valence-corrected chi connectivity index (χ1v) is 5.43. The molecule has 0 aromatic heterocycles. The van der Waals surface area contributed by atoms with Gasteiger partial charge in [-0.05, 0) is 18.6 Å². The van der Waals surface area contributed by atoms with Crippen molar-refractivity contribution in [3.63, 3.8) is 0 Å². The largest absolute Gasteiger partial charge is 0.389 e. The van der Waals surface area contributed by atoms with Crippen molar-refractivity contribution in [3.8, 4) is 0 Å². The zero-order chi connectivity index (χ0) is 13.2. The van der Waals surface area contributed by atoms with E-state index in [9.17, 15) is 17.6 Å². The zero-order valence-electron chi connectivity index (χ0n) is 8.49. The second-order valence-electron chi connectivity index (χ2n) is 3.52. The summed E-state index contributed by atoms with van der Waals surface area (Å²) in [6.07, 6.45) is -5.88. The molecule has 1 aromatic carbocycles. The normalized spacial score (nSPS) is 13.8. The van der Waals surface area contributed by atoms with E-state index in [1.807, 2.05) is 0 Å². The second-order valence-corrected chi connectivity index (χ2v) is 4.33. The number of hydrogen-bond acceptors (Lipinski definition) is 1. The maximum absolute atomic E-state index is 13.6. The van der Waals surface area contributed by atoms with Gasteiger partial charge in [0, 0.05) is 23.0 Å². The fourth-order valence-corrected chi connectivity index (χ4v) is 1.80. The standard InChI is InChI=1S/C10H9Cl2F4N/c11-5-1-2-6(12)9(13)8(5)7(17)3-4-10(14,15)16/h1-2,7H,3-4,17H2/t7-/m1/s1. The maximum atomic E-state index is 13.6. The van der Waals surface area contributed by atoms with Crippen molar-refractivity contribution in [3.05, 3.63) is 33.6 Å². The van der Waals surface area contributed by atoms with Crippen molar-refractivity contribution in [2.24, 2.45) is 5.73 Å². The Kier molecular flexibility index (Phi) is 4.63. The van der Waals surface area contributed by atoms with Gasteiger partial charge in [-0.2, -0.15) is 13.2 Å². The maximum Gasteiger partial charge on any atom is 0.389 e. The minimum absolute atomic E-state index is 0.0263. The van der Waals surface area contributed by atoms with E-state index in [1.54, 1.807) is 0 Å². The third-order valence-corrected chi connectivity index (χ3v) is 2.81. The van der Waals surface area contributed by atoms with Crippen LogP contribution >= 0.6 is 23.2 Å². The molecule has 0 bridgehead atoms. The van der Waals surface area contributed by atoms with E-state index in [0.29, 0.717) is 0 Å². The molecule has 0 aliphatic heterocycles. The third-order valence-electron chi connectivity index (χ3n) is 2.19. The molecule has 0 saturated heterocycles. The predicted octanol–water partition coefficient (Wildman–Crippen LogP) is 4.47. The summed E-state index contributed by atoms with van der Waals surface area (Å²) in [6, 6.07) is 1.39. The van der Waals surface area contributed by atoms with Crippen LogP contribution in [-0.2, 0) is 0 Å². The number of hydrogen-bond donors (Lipinski definition) is 1. The van der Waals surface area contributed by atoms with Crippen LogP contribution in [0.25, 0.3) is 0 Å². The highest BCUT2D eigenvalue weighted by atomic mass is 35.5. The molecule has 1 nitrogen and oxygen atoms in total. The lowest BCUT2D eigenvalue weighted by Gasteiger charge is -2.16. The van der Waals surface area contributed by atoms with E-state index < -0.39 is 30.9 Å². The summed E-state index contributed by atoms with van der Waals surface area (Å²) in [5, 5.41) is -0.242. The van der Waals surface area contributed by atoms with Crippen LogP contribution in [-0.4, -0.2) is 6.18 Å². The quantitative estimate of drug-likeness (QED) is 0.645. The molecule has 1 atom stereocenters. The molecule has 0 amide bonds. The summed E-state index contributed by atoms with van der Waals surface area (Å²) in [7, 11) is 0. The van der Waals surface area contributed by atoms with Crippen molar-refractivity contribution >= 4 is 23.2 Å². The average Bonchev–Trinajstić information content (AvgIpc) is 2.20. The van der Waals surface area contributed by atoms with Gasteiger partial charge in [-0.3, -0.25) is 0 Å². The van der Waals surface area contributed by atoms with Crippen molar-refractivity contribution in [1.29, 1.82) is 0 Å². The number of benzene rings is 1. The lowest BCUT2D eigenvalue weighted by atomic mass is 10.0. The molecule has 96 valence electrons. The van der Waals surface area contributed by atoms with Crippen molar-refractivity contribution < 1.29 is 17.6 Å². The fourth-order valence-electron chi connectivity index (χ4n) is 1.35. The van der Waals surface area contributed by atoms with E-state index in [2.05, 4.69) is 0 Å². The molecule has 1 aromatic rings. The molecule has 0 radical (unpaired) electrons. The molecule has 0 aliphatic rings. The van der Waals surface area contributed by atoms with Crippen LogP contribution in [0.3, 0.4) is 0 Å². The second kappa shape index (κ2) is 5.42. The summed E-state index contributed by atoms with van der Waals surface area (Å²) in [5.41, 5.74) is 5.31. The third kappa shape index (κ3) is 4.01. The molecular formula is C10H9Cl2F4N. The minimum Gasteiger partial charge on any atom is -0.324 e. The molecule has 0 heterocycles. The molecule has 0 fully saturated rings. The van der Waals surface area contributed by atoms with Gasteiger partial charge in [-0.15, -0.1) is 0 Å². The Morgan fingerprint density at radius 1 is 1.18 bits per heavy atom. The van der Waals surface area contributed by atoms with Crippen LogP contribution in [0.5, 0.6) is 0 Å². The predicted molar refractivity (Wildman–Crippen MR) is 58.6 cm³/mol. The van der Waals surface area contributed by atoms with Crippen molar-refractivity contribution in [2.45, 2.75) is 25.1 Å². The lowest BCUT2D eigenvalue weighted by molar-refractivity contribution is -0.136. The Bertz CT molecular complexity index is 406. The Labute approximate surface area is 105 Å². The van der Waals surface area contributed by atoms with E-state index in [0.717, 1.165) is 0 Å². The molecule has 1 rings (SSSR count). The number of alkyl halides is 3. The van der Waals surface area contributed by atoms with Crippen LogP contribution in [0.15, 0.2) is 12.1 Å². The Balaban J connectivity index is 2.89. The molecule has 7 heteroatoms. The fraction of sp³-hybridized carbons (Fsp3) is 0.400. The first kappa shape index (κ1) is 14.5. The van der Waals surface area contributed by atoms with Gasteiger partial charge in [0.25, 0.3) is 0 Å². The van der Waals surface area contributed by atoms with E-state index in [1.165, 1.54) is 12.1 Å². The summed E-state index contributed by atoms with van der Waals surface area (Å²) in [5.74, 6) is -0.867. The van der Waals surface area contributed by atoms with Crippen LogP contribution in [0.1, 0.15) is 24.4 Å². The first-order chi connectivity index (χ1) is 7.72. The molecular weight excluding hydrogens is 281 g/mol. The topological polar surface area (TPSA) is 26.0 Å². The Morgan fingerprint density at radius 3 is 2.24 bits per heavy atom. The van der Waals surface area contributed by atoms with Gasteiger partial charge >= 0.3 is 6.18 Å². The van der Waals surface area contributed by atoms with Crippen molar-refractivity contribution in [2.75, 3.05) is 0 Å². The van der Waals surface area contributed by atoms with Crippen LogP contribution < -0.4 is 5.73 Å². The lowest BCUT2D eigenvalue weighted by Crippen LogP contribution is -2.17. The molecule has 0 saturated carbocycles. The molecule has 2 N–H and O–H groups in total. The summed E-state index contributed by atoms with van der Waals surface area (Å²) in [4.78, 5) is 0. The smallest absolute Gasteiger partial charge is 0.324 e. The minimum atomic E-state index is -4.33. The van der Waals surface area contributed by atoms with Gasteiger partial charge in [0.1, 0.15) is 5.82 Å². The molecule has 0 aliphatic carbocycles. The van der Waals surface area contributed by atoms with Gasteiger partial charge in [-0.25, -0.2) is 4.39 Å². The van der Waals surface area contributed by atoms with Crippen molar-refractivity contribution in [1.82, 2.24) is 0 Å². The van der Waals surface area contributed by atoms with Gasteiger partial charge in [0.2, 0.25) is 0 Å². The number of nitrogens with two attached hydrogens (primary N) is 1. The molecule has 17 heavy (non-hydrogen) atoms. The van der Waals surface area contributed by atoms with Gasteiger partial charge < -0.3 is 5.73 Å². The Hall–Kier alpha value is -0.520. The highest BCUT2D eigenvalue weighted by Gasteiger charge is 2.29. The van der Waals surface area contributed by atoms with Gasteiger partial charge in [0.05, 0.1) is 5.02 Å². The van der Waals surface area contributed by atoms with Gasteiger partial charge in [0.15, 0.2) is 0 Å². The summed E-state index contributed by atoms with van der Waals surface area (Å²) >= 11 is 11.2. The first-order valence-electron chi connectivity index (χ1n) is 4.68. The number of rotatable bonds is 3. The average molecular weight is 290 g/mol. The van der Waals surface area contributed by atoms with E-state index in [-0.39, 0.29) is 15.6 Å². The van der Waals surface area contributed by atoms with E-state index in [4.69, 9.17) is 28.9 Å². The van der Waals surface area contributed by atoms with E-state index >= 15 is 0 Å². The highest BCUT2D eigenvalue weighted by Crippen LogP contribution is 2.33. The van der Waals surface area contributed by atoms with Crippen LogP contribution in [0.2, 0.25) is 10.0 Å². The highest BCUT2D eigenvalue weighted by molar-refractivity contribution is 6.33. The van der Waals surface area contributed by atoms with Gasteiger partial charge in [-0.1, -0.05) is 23.2 Å². The summed E-state index contributed by atoms with van der Waals surface area (Å²) in [6.45, 7) is 0.